The Morgan fingerprint density at radius 3 is 2.84 bits per heavy atom. The van der Waals surface area contributed by atoms with Gasteiger partial charge < -0.3 is 9.30 Å². The number of aryl methyl sites for hydroxylation is 1. The van der Waals surface area contributed by atoms with E-state index in [0.717, 1.165) is 30.7 Å². The molecule has 104 valence electrons. The SMILES string of the molecule is CCCC(C)n1c(CCCl)nc2c(OC)ncnc21. The molecule has 0 bridgehead atoms. The fraction of sp³-hybridized carbons (Fsp3) is 0.615. The predicted molar refractivity (Wildman–Crippen MR) is 75.9 cm³/mol. The van der Waals surface area contributed by atoms with E-state index >= 15 is 0 Å². The van der Waals surface area contributed by atoms with Gasteiger partial charge in [0.2, 0.25) is 5.88 Å². The highest BCUT2D eigenvalue weighted by molar-refractivity contribution is 6.17. The van der Waals surface area contributed by atoms with Gasteiger partial charge >= 0.3 is 0 Å². The Hall–Kier alpha value is -1.36. The highest BCUT2D eigenvalue weighted by atomic mass is 35.5. The summed E-state index contributed by atoms with van der Waals surface area (Å²) in [5, 5.41) is 0. The van der Waals surface area contributed by atoms with Crippen LogP contribution in [0.1, 0.15) is 38.6 Å². The van der Waals surface area contributed by atoms with Crippen molar-refractivity contribution < 1.29 is 4.74 Å². The maximum absolute atomic E-state index is 5.87. The lowest BCUT2D eigenvalue weighted by molar-refractivity contribution is 0.401. The van der Waals surface area contributed by atoms with Crippen LogP contribution in [0.25, 0.3) is 11.2 Å². The van der Waals surface area contributed by atoms with Crippen LogP contribution >= 0.6 is 11.6 Å². The molecule has 0 N–H and O–H groups in total. The van der Waals surface area contributed by atoms with E-state index < -0.39 is 0 Å². The number of imidazole rings is 1. The summed E-state index contributed by atoms with van der Waals surface area (Å²) in [6.45, 7) is 4.35. The van der Waals surface area contributed by atoms with E-state index in [9.17, 15) is 0 Å². The average molecular weight is 283 g/mol. The van der Waals surface area contributed by atoms with Crippen molar-refractivity contribution in [1.82, 2.24) is 19.5 Å². The summed E-state index contributed by atoms with van der Waals surface area (Å²) >= 11 is 5.87. The molecule has 0 amide bonds. The third-order valence-electron chi connectivity index (χ3n) is 3.18. The number of nitrogens with zero attached hydrogens (tertiary/aromatic N) is 4. The lowest BCUT2D eigenvalue weighted by atomic mass is 10.2. The largest absolute Gasteiger partial charge is 0.479 e. The number of alkyl halides is 1. The van der Waals surface area contributed by atoms with Crippen LogP contribution in [-0.2, 0) is 6.42 Å². The monoisotopic (exact) mass is 282 g/mol. The zero-order chi connectivity index (χ0) is 13.8. The van der Waals surface area contributed by atoms with Crippen molar-refractivity contribution in [2.75, 3.05) is 13.0 Å². The first-order valence-corrected chi connectivity index (χ1v) is 7.08. The van der Waals surface area contributed by atoms with E-state index in [2.05, 4.69) is 33.4 Å². The number of ether oxygens (including phenoxy) is 1. The molecule has 1 unspecified atom stereocenters. The number of aromatic nitrogens is 4. The summed E-state index contributed by atoms with van der Waals surface area (Å²) in [6, 6.07) is 0.341. The molecule has 0 fully saturated rings. The topological polar surface area (TPSA) is 52.8 Å². The van der Waals surface area contributed by atoms with Gasteiger partial charge in [0, 0.05) is 18.3 Å². The van der Waals surface area contributed by atoms with Crippen LogP contribution in [-0.4, -0.2) is 32.5 Å². The third kappa shape index (κ3) is 2.66. The van der Waals surface area contributed by atoms with Crippen LogP contribution in [0.3, 0.4) is 0 Å². The molecule has 2 aromatic rings. The normalized spacial score (nSPS) is 12.8. The summed E-state index contributed by atoms with van der Waals surface area (Å²) in [5.74, 6) is 2.01. The Bertz CT molecular complexity index is 555. The number of halogens is 1. The second-order valence-corrected chi connectivity index (χ2v) is 4.91. The lowest BCUT2D eigenvalue weighted by Crippen LogP contribution is -2.10. The van der Waals surface area contributed by atoms with E-state index in [0.29, 0.717) is 23.3 Å². The van der Waals surface area contributed by atoms with Gasteiger partial charge in [0.15, 0.2) is 11.2 Å². The molecule has 6 heteroatoms. The first-order valence-electron chi connectivity index (χ1n) is 6.54. The molecule has 0 radical (unpaired) electrons. The average Bonchev–Trinajstić information content (AvgIpc) is 2.77. The van der Waals surface area contributed by atoms with Crippen LogP contribution in [0.4, 0.5) is 0 Å². The van der Waals surface area contributed by atoms with E-state index in [1.807, 2.05) is 0 Å². The van der Waals surface area contributed by atoms with Crippen molar-refractivity contribution in [3.8, 4) is 5.88 Å². The van der Waals surface area contributed by atoms with Crippen LogP contribution in [0, 0.1) is 0 Å². The van der Waals surface area contributed by atoms with Gasteiger partial charge in [-0.1, -0.05) is 13.3 Å². The summed E-state index contributed by atoms with van der Waals surface area (Å²) < 4.78 is 7.41. The van der Waals surface area contributed by atoms with Crippen molar-refractivity contribution in [2.24, 2.45) is 0 Å². The van der Waals surface area contributed by atoms with Gasteiger partial charge in [-0.05, 0) is 13.3 Å². The van der Waals surface area contributed by atoms with Gasteiger partial charge in [0.25, 0.3) is 0 Å². The zero-order valence-electron chi connectivity index (χ0n) is 11.6. The predicted octanol–water partition coefficient (Wildman–Crippen LogP) is 2.98. The summed E-state index contributed by atoms with van der Waals surface area (Å²) in [4.78, 5) is 13.1. The van der Waals surface area contributed by atoms with Crippen molar-refractivity contribution in [3.63, 3.8) is 0 Å². The molecule has 0 aliphatic heterocycles. The molecule has 1 atom stereocenters. The minimum absolute atomic E-state index is 0.341. The molecule has 19 heavy (non-hydrogen) atoms. The van der Waals surface area contributed by atoms with E-state index in [4.69, 9.17) is 16.3 Å². The Morgan fingerprint density at radius 1 is 1.42 bits per heavy atom. The Balaban J connectivity index is 2.60. The number of fused-ring (bicyclic) bond motifs is 1. The molecule has 2 rings (SSSR count). The van der Waals surface area contributed by atoms with Crippen molar-refractivity contribution >= 4 is 22.8 Å². The van der Waals surface area contributed by atoms with Crippen molar-refractivity contribution in [3.05, 3.63) is 12.2 Å². The fourth-order valence-corrected chi connectivity index (χ4v) is 2.52. The summed E-state index contributed by atoms with van der Waals surface area (Å²) in [5.41, 5.74) is 1.54. The highest BCUT2D eigenvalue weighted by Gasteiger charge is 2.19. The molecular formula is C13H19ClN4O. The van der Waals surface area contributed by atoms with E-state index in [-0.39, 0.29) is 0 Å². The van der Waals surface area contributed by atoms with E-state index in [1.54, 1.807) is 7.11 Å². The smallest absolute Gasteiger partial charge is 0.245 e. The molecule has 2 heterocycles. The van der Waals surface area contributed by atoms with E-state index in [1.165, 1.54) is 6.33 Å². The summed E-state index contributed by atoms with van der Waals surface area (Å²) in [7, 11) is 1.59. The molecule has 0 saturated heterocycles. The molecule has 5 nitrogen and oxygen atoms in total. The Morgan fingerprint density at radius 2 is 2.21 bits per heavy atom. The Kier molecular flexibility index (Phi) is 4.58. The standard InChI is InChI=1S/C13H19ClN4O/c1-4-5-9(2)18-10(6-7-14)17-11-12(18)15-8-16-13(11)19-3/h8-9H,4-7H2,1-3H3. The van der Waals surface area contributed by atoms with Crippen LogP contribution in [0.5, 0.6) is 5.88 Å². The van der Waals surface area contributed by atoms with Gasteiger partial charge in [0.05, 0.1) is 7.11 Å². The van der Waals surface area contributed by atoms with Crippen LogP contribution < -0.4 is 4.74 Å². The van der Waals surface area contributed by atoms with Gasteiger partial charge in [0.1, 0.15) is 12.2 Å². The van der Waals surface area contributed by atoms with Crippen LogP contribution in [0.15, 0.2) is 6.33 Å². The second-order valence-electron chi connectivity index (χ2n) is 4.53. The first-order chi connectivity index (χ1) is 9.22. The third-order valence-corrected chi connectivity index (χ3v) is 3.36. The molecule has 2 aromatic heterocycles. The number of hydrogen-bond donors (Lipinski definition) is 0. The van der Waals surface area contributed by atoms with Gasteiger partial charge in [-0.15, -0.1) is 11.6 Å². The fourth-order valence-electron chi connectivity index (χ4n) is 2.35. The zero-order valence-corrected chi connectivity index (χ0v) is 12.3. The van der Waals surface area contributed by atoms with Crippen LogP contribution in [0.2, 0.25) is 0 Å². The second kappa shape index (κ2) is 6.19. The first kappa shape index (κ1) is 14.1. The molecule has 0 spiro atoms. The molecule has 0 aliphatic rings. The van der Waals surface area contributed by atoms with Crippen molar-refractivity contribution in [1.29, 1.82) is 0 Å². The maximum atomic E-state index is 5.87. The molecule has 0 aliphatic carbocycles. The minimum atomic E-state index is 0.341. The molecule has 0 aromatic carbocycles. The summed E-state index contributed by atoms with van der Waals surface area (Å²) in [6.07, 6.45) is 4.42. The minimum Gasteiger partial charge on any atom is -0.479 e. The van der Waals surface area contributed by atoms with Gasteiger partial charge in [-0.3, -0.25) is 0 Å². The molecular weight excluding hydrogens is 264 g/mol. The van der Waals surface area contributed by atoms with Gasteiger partial charge in [-0.25, -0.2) is 9.97 Å². The lowest BCUT2D eigenvalue weighted by Gasteiger charge is -2.15. The quantitative estimate of drug-likeness (QED) is 0.764. The number of methoxy groups -OCH3 is 1. The Labute approximate surface area is 118 Å². The number of rotatable bonds is 6. The highest BCUT2D eigenvalue weighted by Crippen LogP contribution is 2.27. The molecule has 0 saturated carbocycles. The van der Waals surface area contributed by atoms with Gasteiger partial charge in [-0.2, -0.15) is 4.98 Å². The number of hydrogen-bond acceptors (Lipinski definition) is 4. The van der Waals surface area contributed by atoms with Crippen molar-refractivity contribution in [2.45, 2.75) is 39.2 Å². The maximum Gasteiger partial charge on any atom is 0.245 e.